The molecule has 0 unspecified atom stereocenters. The summed E-state index contributed by atoms with van der Waals surface area (Å²) in [5.41, 5.74) is 0. The lowest BCUT2D eigenvalue weighted by atomic mass is 10.4. The Labute approximate surface area is 82.1 Å². The summed E-state index contributed by atoms with van der Waals surface area (Å²) in [6.45, 7) is 1.41. The van der Waals surface area contributed by atoms with E-state index in [1.165, 1.54) is 0 Å². The fraction of sp³-hybridized carbons (Fsp3) is 0.444. The summed E-state index contributed by atoms with van der Waals surface area (Å²) >= 11 is 0. The van der Waals surface area contributed by atoms with Gasteiger partial charge in [-0.15, -0.1) is 0 Å². The minimum absolute atomic E-state index is 0.0505. The van der Waals surface area contributed by atoms with Gasteiger partial charge in [-0.1, -0.05) is 0 Å². The Morgan fingerprint density at radius 1 is 1.57 bits per heavy atom. The third kappa shape index (κ3) is 3.84. The number of aromatic nitrogens is 2. The monoisotopic (exact) mass is 195 g/mol. The number of aldehydes is 1. The number of nitrogens with zero attached hydrogens (tertiary/aromatic N) is 2. The third-order valence-electron chi connectivity index (χ3n) is 1.74. The topological polar surface area (TPSA) is 64.0 Å². The van der Waals surface area contributed by atoms with E-state index in [2.05, 4.69) is 10.3 Å². The van der Waals surface area contributed by atoms with Gasteiger partial charge in [0.25, 0.3) is 0 Å². The molecule has 0 spiro atoms. The van der Waals surface area contributed by atoms with Crippen molar-refractivity contribution in [1.82, 2.24) is 14.9 Å². The standard InChI is InChI=1S/C9H13N3O2/c13-7-2-9(14)11-3-1-5-12-6-4-10-8-12/h4,6-8H,1-3,5H2,(H,11,14). The van der Waals surface area contributed by atoms with Gasteiger partial charge >= 0.3 is 0 Å². The van der Waals surface area contributed by atoms with Crippen molar-refractivity contribution >= 4 is 12.2 Å². The van der Waals surface area contributed by atoms with Crippen LogP contribution in [0.25, 0.3) is 0 Å². The van der Waals surface area contributed by atoms with Crippen LogP contribution < -0.4 is 5.32 Å². The van der Waals surface area contributed by atoms with E-state index < -0.39 is 0 Å². The van der Waals surface area contributed by atoms with Crippen molar-refractivity contribution < 1.29 is 9.59 Å². The van der Waals surface area contributed by atoms with Crippen LogP contribution >= 0.6 is 0 Å². The third-order valence-corrected chi connectivity index (χ3v) is 1.74. The molecule has 0 saturated carbocycles. The molecule has 1 N–H and O–H groups in total. The first-order chi connectivity index (χ1) is 6.83. The van der Waals surface area contributed by atoms with E-state index in [0.29, 0.717) is 12.8 Å². The maximum absolute atomic E-state index is 10.8. The molecule has 1 aromatic rings. The van der Waals surface area contributed by atoms with Crippen molar-refractivity contribution in [2.45, 2.75) is 19.4 Å². The number of aryl methyl sites for hydroxylation is 1. The molecule has 0 aromatic carbocycles. The van der Waals surface area contributed by atoms with Gasteiger partial charge in [-0.25, -0.2) is 4.98 Å². The highest BCUT2D eigenvalue weighted by Gasteiger charge is 1.97. The van der Waals surface area contributed by atoms with E-state index in [0.717, 1.165) is 13.0 Å². The zero-order valence-corrected chi connectivity index (χ0v) is 7.85. The van der Waals surface area contributed by atoms with Crippen LogP contribution in [0, 0.1) is 0 Å². The lowest BCUT2D eigenvalue weighted by Crippen LogP contribution is -2.25. The molecule has 76 valence electrons. The van der Waals surface area contributed by atoms with Crippen LogP contribution in [0.5, 0.6) is 0 Å². The highest BCUT2D eigenvalue weighted by atomic mass is 16.2. The van der Waals surface area contributed by atoms with Crippen LogP contribution in [-0.2, 0) is 16.1 Å². The van der Waals surface area contributed by atoms with E-state index >= 15 is 0 Å². The van der Waals surface area contributed by atoms with Crippen LogP contribution in [-0.4, -0.2) is 28.3 Å². The first kappa shape index (κ1) is 10.4. The Bertz CT molecular complexity index is 282. The highest BCUT2D eigenvalue weighted by molar-refractivity contribution is 5.87. The first-order valence-electron chi connectivity index (χ1n) is 4.49. The summed E-state index contributed by atoms with van der Waals surface area (Å²) in [6, 6.07) is 0. The lowest BCUT2D eigenvalue weighted by molar-refractivity contribution is -0.123. The maximum Gasteiger partial charge on any atom is 0.227 e. The SMILES string of the molecule is O=CCC(=O)NCCCn1ccnc1. The van der Waals surface area contributed by atoms with E-state index in [1.807, 2.05) is 10.8 Å². The number of rotatable bonds is 6. The minimum atomic E-state index is -0.217. The minimum Gasteiger partial charge on any atom is -0.356 e. The number of hydrogen-bond acceptors (Lipinski definition) is 3. The van der Waals surface area contributed by atoms with Crippen molar-refractivity contribution in [2.75, 3.05) is 6.54 Å². The predicted molar refractivity (Wildman–Crippen MR) is 50.5 cm³/mol. The molecule has 0 aliphatic heterocycles. The molecule has 0 fully saturated rings. The summed E-state index contributed by atoms with van der Waals surface area (Å²) in [5, 5.41) is 2.64. The summed E-state index contributed by atoms with van der Waals surface area (Å²) in [6.07, 6.45) is 6.70. The van der Waals surface area contributed by atoms with E-state index in [1.54, 1.807) is 12.5 Å². The fourth-order valence-corrected chi connectivity index (χ4v) is 1.06. The molecule has 1 amide bonds. The summed E-state index contributed by atoms with van der Waals surface area (Å²) in [7, 11) is 0. The molecule has 0 bridgehead atoms. The Hall–Kier alpha value is -1.65. The Balaban J connectivity index is 2.05. The largest absolute Gasteiger partial charge is 0.356 e. The maximum atomic E-state index is 10.8. The molecular weight excluding hydrogens is 182 g/mol. The van der Waals surface area contributed by atoms with Crippen LogP contribution in [0.3, 0.4) is 0 Å². The number of amides is 1. The van der Waals surface area contributed by atoms with Crippen molar-refractivity contribution in [3.05, 3.63) is 18.7 Å². The van der Waals surface area contributed by atoms with Crippen molar-refractivity contribution in [3.8, 4) is 0 Å². The predicted octanol–water partition coefficient (Wildman–Crippen LogP) is -0.0216. The van der Waals surface area contributed by atoms with Crippen molar-refractivity contribution in [1.29, 1.82) is 0 Å². The molecule has 0 atom stereocenters. The van der Waals surface area contributed by atoms with E-state index in [9.17, 15) is 9.59 Å². The highest BCUT2D eigenvalue weighted by Crippen LogP contribution is 1.89. The number of hydrogen-bond donors (Lipinski definition) is 1. The van der Waals surface area contributed by atoms with Crippen LogP contribution in [0.4, 0.5) is 0 Å². The molecule has 0 aliphatic carbocycles. The zero-order chi connectivity index (χ0) is 10.2. The average molecular weight is 195 g/mol. The van der Waals surface area contributed by atoms with Gasteiger partial charge in [0.1, 0.15) is 6.29 Å². The number of imidazole rings is 1. The first-order valence-corrected chi connectivity index (χ1v) is 4.49. The van der Waals surface area contributed by atoms with Crippen LogP contribution in [0.15, 0.2) is 18.7 Å². The summed E-state index contributed by atoms with van der Waals surface area (Å²) < 4.78 is 1.94. The van der Waals surface area contributed by atoms with Crippen molar-refractivity contribution in [2.24, 2.45) is 0 Å². The van der Waals surface area contributed by atoms with Gasteiger partial charge in [-0.05, 0) is 6.42 Å². The number of carbonyl (C=O) groups excluding carboxylic acids is 2. The van der Waals surface area contributed by atoms with Crippen molar-refractivity contribution in [3.63, 3.8) is 0 Å². The molecule has 5 heteroatoms. The number of carbonyl (C=O) groups is 2. The molecule has 5 nitrogen and oxygen atoms in total. The molecule has 0 aliphatic rings. The second-order valence-corrected chi connectivity index (χ2v) is 2.87. The van der Waals surface area contributed by atoms with E-state index in [4.69, 9.17) is 0 Å². The van der Waals surface area contributed by atoms with Crippen LogP contribution in [0.1, 0.15) is 12.8 Å². The molecule has 1 rings (SSSR count). The van der Waals surface area contributed by atoms with Gasteiger partial charge in [-0.2, -0.15) is 0 Å². The van der Waals surface area contributed by atoms with Crippen LogP contribution in [0.2, 0.25) is 0 Å². The Kier molecular flexibility index (Phi) is 4.40. The molecule has 14 heavy (non-hydrogen) atoms. The van der Waals surface area contributed by atoms with Gasteiger partial charge < -0.3 is 14.7 Å². The number of nitrogens with one attached hydrogen (secondary N) is 1. The molecular formula is C9H13N3O2. The summed E-state index contributed by atoms with van der Waals surface area (Å²) in [4.78, 5) is 24.7. The van der Waals surface area contributed by atoms with Gasteiger partial charge in [-0.3, -0.25) is 4.79 Å². The molecule has 0 radical (unpaired) electrons. The quantitative estimate of drug-likeness (QED) is 0.394. The molecule has 1 aromatic heterocycles. The van der Waals surface area contributed by atoms with Gasteiger partial charge in [0, 0.05) is 25.5 Å². The zero-order valence-electron chi connectivity index (χ0n) is 7.85. The van der Waals surface area contributed by atoms with Gasteiger partial charge in [0.05, 0.1) is 12.7 Å². The summed E-state index contributed by atoms with van der Waals surface area (Å²) in [5.74, 6) is -0.217. The Morgan fingerprint density at radius 2 is 2.43 bits per heavy atom. The van der Waals surface area contributed by atoms with Gasteiger partial charge in [0.15, 0.2) is 0 Å². The average Bonchev–Trinajstić information content (AvgIpc) is 2.65. The van der Waals surface area contributed by atoms with E-state index in [-0.39, 0.29) is 12.3 Å². The second-order valence-electron chi connectivity index (χ2n) is 2.87. The second kappa shape index (κ2) is 5.90. The molecule has 0 saturated heterocycles. The normalized spacial score (nSPS) is 9.71. The fourth-order valence-electron chi connectivity index (χ4n) is 1.06. The smallest absolute Gasteiger partial charge is 0.227 e. The van der Waals surface area contributed by atoms with Gasteiger partial charge in [0.2, 0.25) is 5.91 Å². The Morgan fingerprint density at radius 3 is 3.07 bits per heavy atom. The molecule has 1 heterocycles. The lowest BCUT2D eigenvalue weighted by Gasteiger charge is -2.03.